The predicted molar refractivity (Wildman–Crippen MR) is 82.0 cm³/mol. The molecule has 22 heavy (non-hydrogen) atoms. The number of carboxylic acids is 1. The van der Waals surface area contributed by atoms with Gasteiger partial charge in [0.1, 0.15) is 0 Å². The molecule has 1 N–H and O–H groups in total. The number of hydrogen-bond donors (Lipinski definition) is 1. The van der Waals surface area contributed by atoms with E-state index in [1.807, 2.05) is 42.5 Å². The Morgan fingerprint density at radius 2 is 1.68 bits per heavy atom. The predicted octanol–water partition coefficient (Wildman–Crippen LogP) is 2.90. The summed E-state index contributed by atoms with van der Waals surface area (Å²) in [4.78, 5) is 26.0. The van der Waals surface area contributed by atoms with Crippen molar-refractivity contribution in [2.24, 2.45) is 5.92 Å². The van der Waals surface area contributed by atoms with Crippen LogP contribution in [0, 0.1) is 5.92 Å². The number of rotatable bonds is 2. The number of hydrogen-bond acceptors (Lipinski definition) is 2. The SMILES string of the molecule is O=C(O)C1CC2C1c1ccccc1N2C(=O)c1ccccc1. The third-order valence-electron chi connectivity index (χ3n) is 4.79. The number of anilines is 1. The van der Waals surface area contributed by atoms with E-state index < -0.39 is 5.97 Å². The number of benzene rings is 2. The van der Waals surface area contributed by atoms with Crippen molar-refractivity contribution in [2.75, 3.05) is 4.90 Å². The van der Waals surface area contributed by atoms with Crippen molar-refractivity contribution in [1.29, 1.82) is 0 Å². The summed E-state index contributed by atoms with van der Waals surface area (Å²) in [7, 11) is 0. The molecule has 1 fully saturated rings. The minimum absolute atomic E-state index is 0.0359. The zero-order chi connectivity index (χ0) is 15.3. The Hall–Kier alpha value is -2.62. The molecule has 0 bridgehead atoms. The molecule has 4 heteroatoms. The van der Waals surface area contributed by atoms with Gasteiger partial charge in [0.2, 0.25) is 0 Å². The number of para-hydroxylation sites is 1. The molecule has 3 atom stereocenters. The van der Waals surface area contributed by atoms with Gasteiger partial charge in [-0.1, -0.05) is 36.4 Å². The van der Waals surface area contributed by atoms with Gasteiger partial charge in [-0.25, -0.2) is 0 Å². The van der Waals surface area contributed by atoms with Crippen LogP contribution in [0.3, 0.4) is 0 Å². The Labute approximate surface area is 128 Å². The molecular weight excluding hydrogens is 278 g/mol. The van der Waals surface area contributed by atoms with Crippen molar-refractivity contribution in [1.82, 2.24) is 0 Å². The standard InChI is InChI=1S/C18H15NO3/c20-17(11-6-2-1-3-7-11)19-14-9-5-4-8-12(14)16-13(18(21)22)10-15(16)19/h1-9,13,15-16H,10H2,(H,21,22). The van der Waals surface area contributed by atoms with E-state index >= 15 is 0 Å². The van der Waals surface area contributed by atoms with Crippen LogP contribution in [0.15, 0.2) is 54.6 Å². The fraction of sp³-hybridized carbons (Fsp3) is 0.222. The molecule has 0 aromatic heterocycles. The first kappa shape index (κ1) is 13.1. The number of carbonyl (C=O) groups is 2. The van der Waals surface area contributed by atoms with Crippen LogP contribution < -0.4 is 4.90 Å². The third kappa shape index (κ3) is 1.70. The maximum atomic E-state index is 12.9. The number of carbonyl (C=O) groups excluding carboxylic acids is 1. The molecule has 110 valence electrons. The van der Waals surface area contributed by atoms with Gasteiger partial charge in [-0.3, -0.25) is 9.59 Å². The van der Waals surface area contributed by atoms with Gasteiger partial charge in [0.05, 0.1) is 5.92 Å². The molecule has 0 radical (unpaired) electrons. The third-order valence-corrected chi connectivity index (χ3v) is 4.79. The monoisotopic (exact) mass is 293 g/mol. The summed E-state index contributed by atoms with van der Waals surface area (Å²) in [6.07, 6.45) is 0.521. The van der Waals surface area contributed by atoms with E-state index in [1.165, 1.54) is 0 Å². The summed E-state index contributed by atoms with van der Waals surface area (Å²) in [5.41, 5.74) is 2.47. The Morgan fingerprint density at radius 3 is 2.41 bits per heavy atom. The molecule has 2 aromatic carbocycles. The Balaban J connectivity index is 1.76. The van der Waals surface area contributed by atoms with E-state index in [0.717, 1.165) is 11.3 Å². The second-order valence-electron chi connectivity index (χ2n) is 5.87. The molecule has 3 unspecified atom stereocenters. The maximum absolute atomic E-state index is 12.9. The number of carboxylic acid groups (broad SMARTS) is 1. The lowest BCUT2D eigenvalue weighted by molar-refractivity contribution is -0.146. The van der Waals surface area contributed by atoms with Gasteiger partial charge in [-0.05, 0) is 30.2 Å². The summed E-state index contributed by atoms with van der Waals surface area (Å²) >= 11 is 0. The molecular formula is C18H15NO3. The van der Waals surface area contributed by atoms with Gasteiger partial charge in [0.25, 0.3) is 5.91 Å². The van der Waals surface area contributed by atoms with Gasteiger partial charge in [-0.15, -0.1) is 0 Å². The lowest BCUT2D eigenvalue weighted by Crippen LogP contribution is -2.51. The molecule has 1 heterocycles. The van der Waals surface area contributed by atoms with Crippen LogP contribution in [0.2, 0.25) is 0 Å². The highest BCUT2D eigenvalue weighted by Gasteiger charge is 2.55. The molecule has 2 aromatic rings. The molecule has 4 rings (SSSR count). The summed E-state index contributed by atoms with van der Waals surface area (Å²) in [6, 6.07) is 16.8. The second kappa shape index (κ2) is 4.70. The van der Waals surface area contributed by atoms with Crippen LogP contribution in [0.4, 0.5) is 5.69 Å². The van der Waals surface area contributed by atoms with Crippen molar-refractivity contribution >= 4 is 17.6 Å². The van der Waals surface area contributed by atoms with Crippen molar-refractivity contribution in [3.63, 3.8) is 0 Å². The highest BCUT2D eigenvalue weighted by atomic mass is 16.4. The molecule has 2 aliphatic rings. The van der Waals surface area contributed by atoms with E-state index in [4.69, 9.17) is 0 Å². The minimum Gasteiger partial charge on any atom is -0.481 e. The number of amides is 1. The average Bonchev–Trinajstić information content (AvgIpc) is 2.75. The normalized spacial score (nSPS) is 25.1. The molecule has 0 saturated heterocycles. The van der Waals surface area contributed by atoms with Crippen LogP contribution >= 0.6 is 0 Å². The molecule has 1 amide bonds. The van der Waals surface area contributed by atoms with E-state index in [-0.39, 0.29) is 23.8 Å². The molecule has 4 nitrogen and oxygen atoms in total. The van der Waals surface area contributed by atoms with Crippen molar-refractivity contribution < 1.29 is 14.7 Å². The summed E-state index contributed by atoms with van der Waals surface area (Å²) in [5, 5.41) is 9.34. The topological polar surface area (TPSA) is 57.6 Å². The van der Waals surface area contributed by atoms with Gasteiger partial charge in [-0.2, -0.15) is 0 Å². The first-order chi connectivity index (χ1) is 10.7. The molecule has 1 saturated carbocycles. The van der Waals surface area contributed by atoms with E-state index in [1.54, 1.807) is 17.0 Å². The zero-order valence-electron chi connectivity index (χ0n) is 11.8. The summed E-state index contributed by atoms with van der Waals surface area (Å²) in [5.74, 6) is -1.30. The fourth-order valence-corrected chi connectivity index (χ4v) is 3.72. The number of nitrogens with zero attached hydrogens (tertiary/aromatic N) is 1. The number of aliphatic carboxylic acids is 1. The van der Waals surface area contributed by atoms with Gasteiger partial charge >= 0.3 is 5.97 Å². The van der Waals surface area contributed by atoms with Crippen LogP contribution in [0.25, 0.3) is 0 Å². The molecule has 0 spiro atoms. The van der Waals surface area contributed by atoms with Crippen LogP contribution in [-0.4, -0.2) is 23.0 Å². The first-order valence-corrected chi connectivity index (χ1v) is 7.39. The van der Waals surface area contributed by atoms with Crippen molar-refractivity contribution in [2.45, 2.75) is 18.4 Å². The summed E-state index contributed by atoms with van der Waals surface area (Å²) in [6.45, 7) is 0. The van der Waals surface area contributed by atoms with Crippen molar-refractivity contribution in [3.05, 3.63) is 65.7 Å². The molecule has 1 aliphatic heterocycles. The van der Waals surface area contributed by atoms with E-state index in [0.29, 0.717) is 12.0 Å². The van der Waals surface area contributed by atoms with Gasteiger partial charge in [0.15, 0.2) is 0 Å². The van der Waals surface area contributed by atoms with E-state index in [9.17, 15) is 14.7 Å². The van der Waals surface area contributed by atoms with E-state index in [2.05, 4.69) is 0 Å². The minimum atomic E-state index is -0.773. The highest BCUT2D eigenvalue weighted by Crippen LogP contribution is 2.55. The van der Waals surface area contributed by atoms with Gasteiger partial charge < -0.3 is 10.0 Å². The van der Waals surface area contributed by atoms with Gasteiger partial charge in [0, 0.05) is 23.2 Å². The van der Waals surface area contributed by atoms with Crippen LogP contribution in [-0.2, 0) is 4.79 Å². The van der Waals surface area contributed by atoms with Crippen LogP contribution in [0.5, 0.6) is 0 Å². The maximum Gasteiger partial charge on any atom is 0.307 e. The summed E-state index contributed by atoms with van der Waals surface area (Å²) < 4.78 is 0. The second-order valence-corrected chi connectivity index (χ2v) is 5.87. The lowest BCUT2D eigenvalue weighted by Gasteiger charge is -2.41. The number of fused-ring (bicyclic) bond motifs is 3. The Morgan fingerprint density at radius 1 is 1.00 bits per heavy atom. The first-order valence-electron chi connectivity index (χ1n) is 7.39. The lowest BCUT2D eigenvalue weighted by atomic mass is 9.68. The zero-order valence-corrected chi connectivity index (χ0v) is 11.8. The Bertz CT molecular complexity index is 756. The largest absolute Gasteiger partial charge is 0.481 e. The highest BCUT2D eigenvalue weighted by molar-refractivity contribution is 6.08. The quantitative estimate of drug-likeness (QED) is 0.926. The molecule has 1 aliphatic carbocycles. The van der Waals surface area contributed by atoms with Crippen LogP contribution in [0.1, 0.15) is 28.3 Å². The van der Waals surface area contributed by atoms with Crippen molar-refractivity contribution in [3.8, 4) is 0 Å². The Kier molecular flexibility index (Phi) is 2.79. The fourth-order valence-electron chi connectivity index (χ4n) is 3.72. The average molecular weight is 293 g/mol. The smallest absolute Gasteiger partial charge is 0.307 e.